The van der Waals surface area contributed by atoms with Crippen molar-refractivity contribution < 1.29 is 13.6 Å². The molecule has 174 valence electrons. The molecule has 3 aromatic carbocycles. The Morgan fingerprint density at radius 3 is 1.91 bits per heavy atom. The monoisotopic (exact) mass is 461 g/mol. The molecule has 1 amide bonds. The minimum atomic E-state index is -0.798. The summed E-state index contributed by atoms with van der Waals surface area (Å²) in [4.78, 5) is 17.7. The van der Waals surface area contributed by atoms with Gasteiger partial charge in [-0.25, -0.2) is 8.78 Å². The van der Waals surface area contributed by atoms with Crippen LogP contribution >= 0.6 is 0 Å². The van der Waals surface area contributed by atoms with Gasteiger partial charge < -0.3 is 0 Å². The zero-order valence-electron chi connectivity index (χ0n) is 19.4. The molecule has 0 bridgehead atoms. The third-order valence-corrected chi connectivity index (χ3v) is 4.67. The smallest absolute Gasteiger partial charge is 0.252 e. The summed E-state index contributed by atoms with van der Waals surface area (Å²) in [5.74, 6) is -1.12. The van der Waals surface area contributed by atoms with Crippen LogP contribution in [0.25, 0.3) is 0 Å². The molecule has 0 heterocycles. The van der Waals surface area contributed by atoms with E-state index in [0.29, 0.717) is 22.6 Å². The van der Waals surface area contributed by atoms with Crippen LogP contribution in [0, 0.1) is 17.0 Å². The van der Waals surface area contributed by atoms with Crippen molar-refractivity contribution in [2.24, 2.45) is 25.7 Å². The molecular weight excluding hydrogens is 436 g/mol. The van der Waals surface area contributed by atoms with Crippen LogP contribution in [0.1, 0.15) is 26.3 Å². The minimum absolute atomic E-state index is 0.0555. The van der Waals surface area contributed by atoms with Gasteiger partial charge >= 0.3 is 0 Å². The Morgan fingerprint density at radius 2 is 1.38 bits per heavy atom. The quantitative estimate of drug-likeness (QED) is 0.184. The molecule has 34 heavy (non-hydrogen) atoms. The van der Waals surface area contributed by atoms with E-state index >= 15 is 0 Å². The van der Waals surface area contributed by atoms with Gasteiger partial charge in [0.2, 0.25) is 5.84 Å². The first-order chi connectivity index (χ1) is 16.2. The number of amides is 1. The van der Waals surface area contributed by atoms with Crippen LogP contribution in [0.3, 0.4) is 0 Å². The van der Waals surface area contributed by atoms with E-state index in [2.05, 4.69) is 20.3 Å². The first-order valence-electron chi connectivity index (χ1n) is 10.6. The normalized spacial score (nSPS) is 12.8. The number of nitrogens with zero attached hydrogens (tertiary/aromatic N) is 5. The predicted octanol–water partition coefficient (Wildman–Crippen LogP) is 6.56. The van der Waals surface area contributed by atoms with Crippen molar-refractivity contribution in [1.29, 1.82) is 0 Å². The summed E-state index contributed by atoms with van der Waals surface area (Å²) < 4.78 is 26.9. The molecule has 0 saturated carbocycles. The number of benzene rings is 3. The van der Waals surface area contributed by atoms with Crippen LogP contribution in [0.5, 0.6) is 0 Å². The lowest BCUT2D eigenvalue weighted by Gasteiger charge is -2.26. The van der Waals surface area contributed by atoms with Crippen LogP contribution in [-0.4, -0.2) is 24.5 Å². The fourth-order valence-electron chi connectivity index (χ4n) is 2.90. The standard InChI is InChI=1S/C26H25F2N5O/c1-26(2,3)25(34)33(22-16-12-20(28)13-17-22)32-24(23(29-4)18-8-6-5-7-9-18)31-30-21-14-10-19(27)11-15-21/h5-17H,1-4H3/b29-23?,31-30?,32-24-. The van der Waals surface area contributed by atoms with E-state index < -0.39 is 17.0 Å². The number of amidine groups is 1. The number of rotatable bonds is 5. The van der Waals surface area contributed by atoms with Crippen molar-refractivity contribution in [1.82, 2.24) is 0 Å². The third kappa shape index (κ3) is 6.25. The number of carbonyl (C=O) groups excluding carboxylic acids is 1. The Morgan fingerprint density at radius 1 is 0.824 bits per heavy atom. The highest BCUT2D eigenvalue weighted by molar-refractivity contribution is 6.48. The van der Waals surface area contributed by atoms with Gasteiger partial charge in [-0.2, -0.15) is 5.01 Å². The summed E-state index contributed by atoms with van der Waals surface area (Å²) >= 11 is 0. The molecule has 8 heteroatoms. The number of anilines is 1. The molecule has 0 unspecified atom stereocenters. The summed E-state index contributed by atoms with van der Waals surface area (Å²) in [7, 11) is 1.58. The molecule has 3 aromatic rings. The van der Waals surface area contributed by atoms with Crippen LogP contribution in [-0.2, 0) is 4.79 Å². The highest BCUT2D eigenvalue weighted by atomic mass is 19.1. The van der Waals surface area contributed by atoms with E-state index in [0.717, 1.165) is 0 Å². The number of aliphatic imine (C=N–C) groups is 1. The molecule has 0 saturated heterocycles. The Hall–Kier alpha value is -4.07. The summed E-state index contributed by atoms with van der Waals surface area (Å²) in [6.45, 7) is 5.27. The lowest BCUT2D eigenvalue weighted by molar-refractivity contribution is -0.125. The Bertz CT molecular complexity index is 1210. The minimum Gasteiger partial charge on any atom is -0.284 e. The maximum Gasteiger partial charge on any atom is 0.252 e. The zero-order chi connectivity index (χ0) is 24.7. The van der Waals surface area contributed by atoms with Gasteiger partial charge in [0.25, 0.3) is 5.91 Å². The average molecular weight is 462 g/mol. The van der Waals surface area contributed by atoms with E-state index in [9.17, 15) is 13.6 Å². The lowest BCUT2D eigenvalue weighted by atomic mass is 9.95. The highest BCUT2D eigenvalue weighted by Gasteiger charge is 2.29. The summed E-state index contributed by atoms with van der Waals surface area (Å²) in [6.07, 6.45) is 0. The van der Waals surface area contributed by atoms with Crippen LogP contribution in [0.15, 0.2) is 99.2 Å². The van der Waals surface area contributed by atoms with E-state index in [-0.39, 0.29) is 11.7 Å². The topological polar surface area (TPSA) is 69.8 Å². The lowest BCUT2D eigenvalue weighted by Crippen LogP contribution is -2.37. The third-order valence-electron chi connectivity index (χ3n) is 4.67. The summed E-state index contributed by atoms with van der Waals surface area (Å²) in [5.41, 5.74) is 1.06. The molecule has 0 aromatic heterocycles. The molecule has 0 fully saturated rings. The first kappa shape index (κ1) is 24.6. The molecule has 3 rings (SSSR count). The average Bonchev–Trinajstić information content (AvgIpc) is 2.82. The second-order valence-electron chi connectivity index (χ2n) is 8.38. The van der Waals surface area contributed by atoms with Crippen molar-refractivity contribution in [2.45, 2.75) is 20.8 Å². The van der Waals surface area contributed by atoms with E-state index in [4.69, 9.17) is 0 Å². The number of hydrogen-bond donors (Lipinski definition) is 0. The number of hydrogen-bond acceptors (Lipinski definition) is 4. The van der Waals surface area contributed by atoms with Gasteiger partial charge in [-0.15, -0.1) is 15.3 Å². The van der Waals surface area contributed by atoms with Crippen molar-refractivity contribution in [3.63, 3.8) is 0 Å². The summed E-state index contributed by atoms with van der Waals surface area (Å²) in [5, 5.41) is 14.2. The molecule has 0 atom stereocenters. The molecule has 0 aliphatic rings. The van der Waals surface area contributed by atoms with Crippen molar-refractivity contribution in [2.75, 3.05) is 12.1 Å². The van der Waals surface area contributed by atoms with E-state index in [1.165, 1.54) is 53.5 Å². The fraction of sp³-hybridized carbons (Fsp3) is 0.192. The van der Waals surface area contributed by atoms with E-state index in [1.807, 2.05) is 30.3 Å². The van der Waals surface area contributed by atoms with Gasteiger partial charge in [0, 0.05) is 18.0 Å². The van der Waals surface area contributed by atoms with Gasteiger partial charge in [-0.05, 0) is 48.5 Å². The first-order valence-corrected chi connectivity index (χ1v) is 10.6. The van der Waals surface area contributed by atoms with Crippen LogP contribution < -0.4 is 5.01 Å². The second kappa shape index (κ2) is 10.7. The second-order valence-corrected chi connectivity index (χ2v) is 8.38. The fourth-order valence-corrected chi connectivity index (χ4v) is 2.90. The van der Waals surface area contributed by atoms with Crippen molar-refractivity contribution in [3.8, 4) is 0 Å². The van der Waals surface area contributed by atoms with Gasteiger partial charge in [0.1, 0.15) is 17.3 Å². The highest BCUT2D eigenvalue weighted by Crippen LogP contribution is 2.25. The molecule has 0 radical (unpaired) electrons. The predicted molar refractivity (Wildman–Crippen MR) is 131 cm³/mol. The van der Waals surface area contributed by atoms with Crippen molar-refractivity contribution in [3.05, 3.63) is 96.1 Å². The zero-order valence-corrected chi connectivity index (χ0v) is 19.4. The number of azo groups is 1. The molecule has 0 spiro atoms. The molecule has 0 N–H and O–H groups in total. The molecule has 6 nitrogen and oxygen atoms in total. The van der Waals surface area contributed by atoms with Gasteiger partial charge in [-0.1, -0.05) is 51.1 Å². The Labute approximate surface area is 197 Å². The Kier molecular flexibility index (Phi) is 7.73. The van der Waals surface area contributed by atoms with Gasteiger partial charge in [0.15, 0.2) is 0 Å². The summed E-state index contributed by atoms with van der Waals surface area (Å²) in [6, 6.07) is 20.1. The maximum atomic E-state index is 13.6. The molecule has 0 aliphatic carbocycles. The SMILES string of the molecule is CN=C(/C(N=Nc1ccc(F)cc1)=N/N(C(=O)C(C)(C)C)c1ccc(F)cc1)c1ccccc1. The van der Waals surface area contributed by atoms with Crippen LogP contribution in [0.4, 0.5) is 20.2 Å². The Balaban J connectivity index is 2.17. The van der Waals surface area contributed by atoms with E-state index in [1.54, 1.807) is 27.8 Å². The number of carbonyl (C=O) groups is 1. The maximum absolute atomic E-state index is 13.6. The molecular formula is C26H25F2N5O. The number of halogens is 2. The largest absolute Gasteiger partial charge is 0.284 e. The van der Waals surface area contributed by atoms with Crippen molar-refractivity contribution >= 4 is 28.8 Å². The van der Waals surface area contributed by atoms with Gasteiger partial charge in [-0.3, -0.25) is 9.79 Å². The van der Waals surface area contributed by atoms with Gasteiger partial charge in [0.05, 0.1) is 11.4 Å². The van der Waals surface area contributed by atoms with Crippen LogP contribution in [0.2, 0.25) is 0 Å². The number of hydrazone groups is 1. The molecule has 0 aliphatic heterocycles.